The molecule has 0 fully saturated rings. The molecule has 2 rings (SSSR count). The molecule has 1 N–H and O–H groups in total. The van der Waals surface area contributed by atoms with Gasteiger partial charge in [0.25, 0.3) is 5.91 Å². The van der Waals surface area contributed by atoms with E-state index in [4.69, 9.17) is 9.47 Å². The molecule has 0 atom stereocenters. The van der Waals surface area contributed by atoms with Crippen molar-refractivity contribution in [2.24, 2.45) is 0 Å². The van der Waals surface area contributed by atoms with Crippen molar-refractivity contribution in [3.05, 3.63) is 59.4 Å². The third-order valence-electron chi connectivity index (χ3n) is 3.20. The van der Waals surface area contributed by atoms with Crippen LogP contribution in [0.15, 0.2) is 42.5 Å². The average Bonchev–Trinajstić information content (AvgIpc) is 2.55. The lowest BCUT2D eigenvalue weighted by molar-refractivity contribution is -0.149. The Kier molecular flexibility index (Phi) is 5.89. The lowest BCUT2D eigenvalue weighted by atomic mass is 10.1. The van der Waals surface area contributed by atoms with Gasteiger partial charge in [-0.2, -0.15) is 0 Å². The molecule has 126 valence electrons. The summed E-state index contributed by atoms with van der Waals surface area (Å²) in [5.74, 6) is -1.83. The molecule has 0 heterocycles. The third kappa shape index (κ3) is 5.08. The SMILES string of the molecule is Cc1ccc(NC(=O)COC(=O)COc2ccccc2F)c(C)c1. The first kappa shape index (κ1) is 17.5. The number of rotatable bonds is 6. The molecule has 1 amide bonds. The molecule has 2 aromatic carbocycles. The van der Waals surface area contributed by atoms with Gasteiger partial charge < -0.3 is 14.8 Å². The van der Waals surface area contributed by atoms with E-state index in [1.807, 2.05) is 26.0 Å². The Morgan fingerprint density at radius 2 is 1.83 bits per heavy atom. The predicted octanol–water partition coefficient (Wildman–Crippen LogP) is 3.00. The zero-order valence-electron chi connectivity index (χ0n) is 13.5. The van der Waals surface area contributed by atoms with Crippen molar-refractivity contribution in [1.82, 2.24) is 0 Å². The fraction of sp³-hybridized carbons (Fsp3) is 0.222. The number of benzene rings is 2. The highest BCUT2D eigenvalue weighted by molar-refractivity contribution is 5.93. The molecular formula is C18H18FNO4. The van der Waals surface area contributed by atoms with E-state index in [0.29, 0.717) is 5.69 Å². The van der Waals surface area contributed by atoms with Gasteiger partial charge in [-0.1, -0.05) is 29.8 Å². The summed E-state index contributed by atoms with van der Waals surface area (Å²) >= 11 is 0. The van der Waals surface area contributed by atoms with Gasteiger partial charge in [-0.15, -0.1) is 0 Å². The highest BCUT2D eigenvalue weighted by atomic mass is 19.1. The molecule has 0 aliphatic carbocycles. The van der Waals surface area contributed by atoms with Crippen molar-refractivity contribution in [1.29, 1.82) is 0 Å². The van der Waals surface area contributed by atoms with Crippen LogP contribution in [0.2, 0.25) is 0 Å². The second kappa shape index (κ2) is 8.10. The number of esters is 1. The number of nitrogens with one attached hydrogen (secondary N) is 1. The second-order valence-corrected chi connectivity index (χ2v) is 5.25. The van der Waals surface area contributed by atoms with Gasteiger partial charge in [0.1, 0.15) is 0 Å². The highest BCUT2D eigenvalue weighted by Gasteiger charge is 2.11. The number of anilines is 1. The third-order valence-corrected chi connectivity index (χ3v) is 3.20. The summed E-state index contributed by atoms with van der Waals surface area (Å²) in [5, 5.41) is 2.66. The van der Waals surface area contributed by atoms with Crippen molar-refractivity contribution in [2.45, 2.75) is 13.8 Å². The number of aryl methyl sites for hydroxylation is 2. The Balaban J connectivity index is 1.77. The molecule has 0 bridgehead atoms. The second-order valence-electron chi connectivity index (χ2n) is 5.25. The Labute approximate surface area is 139 Å². The van der Waals surface area contributed by atoms with Crippen LogP contribution in [0.3, 0.4) is 0 Å². The molecule has 0 aliphatic rings. The summed E-state index contributed by atoms with van der Waals surface area (Å²) in [5.41, 5.74) is 2.66. The van der Waals surface area contributed by atoms with Crippen molar-refractivity contribution in [2.75, 3.05) is 18.5 Å². The molecule has 24 heavy (non-hydrogen) atoms. The summed E-state index contributed by atoms with van der Waals surface area (Å²) in [7, 11) is 0. The van der Waals surface area contributed by atoms with Crippen molar-refractivity contribution in [3.63, 3.8) is 0 Å². The Morgan fingerprint density at radius 3 is 2.54 bits per heavy atom. The molecular weight excluding hydrogens is 313 g/mol. The zero-order chi connectivity index (χ0) is 17.5. The molecule has 0 spiro atoms. The van der Waals surface area contributed by atoms with E-state index in [0.717, 1.165) is 11.1 Å². The van der Waals surface area contributed by atoms with Gasteiger partial charge in [0, 0.05) is 5.69 Å². The van der Waals surface area contributed by atoms with E-state index in [1.165, 1.54) is 18.2 Å². The number of para-hydroxylation sites is 1. The van der Waals surface area contributed by atoms with Crippen LogP contribution in [-0.4, -0.2) is 25.1 Å². The maximum Gasteiger partial charge on any atom is 0.344 e. The summed E-state index contributed by atoms with van der Waals surface area (Å²) in [6.07, 6.45) is 0. The van der Waals surface area contributed by atoms with Gasteiger partial charge in [0.05, 0.1) is 0 Å². The number of carbonyl (C=O) groups is 2. The van der Waals surface area contributed by atoms with Gasteiger partial charge in [-0.25, -0.2) is 9.18 Å². The fourth-order valence-electron chi connectivity index (χ4n) is 2.03. The summed E-state index contributed by atoms with van der Waals surface area (Å²) in [6, 6.07) is 11.3. The molecule has 0 saturated heterocycles. The Morgan fingerprint density at radius 1 is 1.08 bits per heavy atom. The molecule has 0 aliphatic heterocycles. The Hall–Kier alpha value is -2.89. The number of ether oxygens (including phenoxy) is 2. The van der Waals surface area contributed by atoms with Gasteiger partial charge >= 0.3 is 5.97 Å². The van der Waals surface area contributed by atoms with Crippen LogP contribution in [0.4, 0.5) is 10.1 Å². The molecule has 0 aromatic heterocycles. The first-order chi connectivity index (χ1) is 11.5. The summed E-state index contributed by atoms with van der Waals surface area (Å²) in [6.45, 7) is 2.91. The maximum atomic E-state index is 13.3. The van der Waals surface area contributed by atoms with E-state index < -0.39 is 30.9 Å². The standard InChI is InChI=1S/C18H18FNO4/c1-12-7-8-15(13(2)9-12)20-17(21)10-24-18(22)11-23-16-6-4-3-5-14(16)19/h3-9H,10-11H2,1-2H3,(H,20,21). The molecule has 0 radical (unpaired) electrons. The van der Waals surface area contributed by atoms with E-state index in [-0.39, 0.29) is 5.75 Å². The topological polar surface area (TPSA) is 64.6 Å². The first-order valence-electron chi connectivity index (χ1n) is 7.36. The largest absolute Gasteiger partial charge is 0.479 e. The maximum absolute atomic E-state index is 13.3. The summed E-state index contributed by atoms with van der Waals surface area (Å²) < 4.78 is 23.1. The molecule has 0 unspecified atom stereocenters. The minimum absolute atomic E-state index is 0.0471. The van der Waals surface area contributed by atoms with Crippen LogP contribution >= 0.6 is 0 Å². The lowest BCUT2D eigenvalue weighted by Crippen LogP contribution is -2.24. The smallest absolute Gasteiger partial charge is 0.344 e. The van der Waals surface area contributed by atoms with Crippen LogP contribution in [0.5, 0.6) is 5.75 Å². The minimum Gasteiger partial charge on any atom is -0.479 e. The molecule has 0 saturated carbocycles. The van der Waals surface area contributed by atoms with Crippen molar-refractivity contribution < 1.29 is 23.5 Å². The van der Waals surface area contributed by atoms with Crippen LogP contribution < -0.4 is 10.1 Å². The Bertz CT molecular complexity index is 746. The van der Waals surface area contributed by atoms with Crippen molar-refractivity contribution >= 4 is 17.6 Å². The minimum atomic E-state index is -0.756. The number of halogens is 1. The van der Waals surface area contributed by atoms with E-state index in [9.17, 15) is 14.0 Å². The van der Waals surface area contributed by atoms with Crippen LogP contribution in [0, 0.1) is 19.7 Å². The highest BCUT2D eigenvalue weighted by Crippen LogP contribution is 2.16. The number of hydrogen-bond acceptors (Lipinski definition) is 4. The van der Waals surface area contributed by atoms with Gasteiger partial charge in [-0.3, -0.25) is 4.79 Å². The quantitative estimate of drug-likeness (QED) is 0.827. The molecule has 6 heteroatoms. The van der Waals surface area contributed by atoms with E-state index in [1.54, 1.807) is 12.1 Å². The number of hydrogen-bond donors (Lipinski definition) is 1. The molecule has 2 aromatic rings. The predicted molar refractivity (Wildman–Crippen MR) is 87.4 cm³/mol. The lowest BCUT2D eigenvalue weighted by Gasteiger charge is -2.10. The molecule has 5 nitrogen and oxygen atoms in total. The first-order valence-corrected chi connectivity index (χ1v) is 7.36. The van der Waals surface area contributed by atoms with E-state index in [2.05, 4.69) is 5.32 Å². The fourth-order valence-corrected chi connectivity index (χ4v) is 2.03. The normalized spacial score (nSPS) is 10.1. The number of amides is 1. The average molecular weight is 331 g/mol. The van der Waals surface area contributed by atoms with Crippen LogP contribution in [0.25, 0.3) is 0 Å². The van der Waals surface area contributed by atoms with Crippen molar-refractivity contribution in [3.8, 4) is 5.75 Å². The van der Waals surface area contributed by atoms with Crippen LogP contribution in [-0.2, 0) is 14.3 Å². The van der Waals surface area contributed by atoms with E-state index >= 15 is 0 Å². The van der Waals surface area contributed by atoms with Gasteiger partial charge in [0.15, 0.2) is 24.8 Å². The number of carbonyl (C=O) groups excluding carboxylic acids is 2. The zero-order valence-corrected chi connectivity index (χ0v) is 13.5. The van der Waals surface area contributed by atoms with Gasteiger partial charge in [-0.05, 0) is 37.6 Å². The van der Waals surface area contributed by atoms with Gasteiger partial charge in [0.2, 0.25) is 0 Å². The summed E-state index contributed by atoms with van der Waals surface area (Å²) in [4.78, 5) is 23.3. The monoisotopic (exact) mass is 331 g/mol. The van der Waals surface area contributed by atoms with Crippen LogP contribution in [0.1, 0.15) is 11.1 Å².